The third-order valence-corrected chi connectivity index (χ3v) is 5.46. The SMILES string of the molecule is CCC(C)OC(=O)CCCN1CC([N+](=O)[O-])=C(N(CC)Cc2ccc(Cl)nc2)N(C)C1. The third-order valence-electron chi connectivity index (χ3n) is 5.23. The van der Waals surface area contributed by atoms with Crippen LogP contribution in [0.1, 0.15) is 45.6 Å². The lowest BCUT2D eigenvalue weighted by molar-refractivity contribution is -0.433. The van der Waals surface area contributed by atoms with Gasteiger partial charge in [0.2, 0.25) is 0 Å². The molecule has 0 aliphatic carbocycles. The highest BCUT2D eigenvalue weighted by Gasteiger charge is 2.33. The summed E-state index contributed by atoms with van der Waals surface area (Å²) in [5.74, 6) is 0.383. The van der Waals surface area contributed by atoms with Gasteiger partial charge in [-0.15, -0.1) is 0 Å². The van der Waals surface area contributed by atoms with E-state index in [1.807, 2.05) is 48.6 Å². The molecule has 0 N–H and O–H groups in total. The first-order valence-corrected chi connectivity index (χ1v) is 11.0. The molecule has 0 aromatic carbocycles. The van der Waals surface area contributed by atoms with E-state index >= 15 is 0 Å². The van der Waals surface area contributed by atoms with Crippen molar-refractivity contribution in [3.63, 3.8) is 0 Å². The maximum atomic E-state index is 11.9. The van der Waals surface area contributed by atoms with Crippen LogP contribution < -0.4 is 0 Å². The molecule has 0 radical (unpaired) electrons. The Kier molecular flexibility index (Phi) is 9.51. The first-order valence-electron chi connectivity index (χ1n) is 10.6. The minimum absolute atomic E-state index is 0.0870. The number of hydrogen-bond donors (Lipinski definition) is 0. The molecule has 1 atom stereocenters. The molecular formula is C21H32ClN5O4. The molecule has 10 heteroatoms. The number of rotatable bonds is 11. The van der Waals surface area contributed by atoms with E-state index in [0.29, 0.717) is 50.1 Å². The van der Waals surface area contributed by atoms with Gasteiger partial charge in [-0.1, -0.05) is 24.6 Å². The van der Waals surface area contributed by atoms with Gasteiger partial charge in [-0.25, -0.2) is 4.98 Å². The molecule has 0 saturated heterocycles. The Hall–Kier alpha value is -2.39. The molecule has 0 spiro atoms. The minimum Gasteiger partial charge on any atom is -0.463 e. The van der Waals surface area contributed by atoms with Gasteiger partial charge in [0, 0.05) is 39.3 Å². The molecule has 1 aliphatic rings. The van der Waals surface area contributed by atoms with Gasteiger partial charge in [0.05, 0.1) is 24.2 Å². The lowest BCUT2D eigenvalue weighted by Gasteiger charge is -2.39. The van der Waals surface area contributed by atoms with Gasteiger partial charge in [-0.05, 0) is 38.3 Å². The Balaban J connectivity index is 2.06. The van der Waals surface area contributed by atoms with Crippen molar-refractivity contribution in [1.29, 1.82) is 0 Å². The van der Waals surface area contributed by atoms with E-state index in [4.69, 9.17) is 16.3 Å². The van der Waals surface area contributed by atoms with Crippen molar-refractivity contribution in [3.8, 4) is 0 Å². The van der Waals surface area contributed by atoms with Crippen molar-refractivity contribution in [2.75, 3.05) is 33.4 Å². The molecule has 0 amide bonds. The van der Waals surface area contributed by atoms with E-state index in [1.165, 1.54) is 0 Å². The average Bonchev–Trinajstić information content (AvgIpc) is 2.73. The fourth-order valence-electron chi connectivity index (χ4n) is 3.50. The fraction of sp³-hybridized carbons (Fsp3) is 0.619. The second kappa shape index (κ2) is 11.9. The molecular weight excluding hydrogens is 422 g/mol. The number of aromatic nitrogens is 1. The van der Waals surface area contributed by atoms with Crippen molar-refractivity contribution in [2.24, 2.45) is 0 Å². The van der Waals surface area contributed by atoms with Crippen molar-refractivity contribution in [1.82, 2.24) is 19.7 Å². The topological polar surface area (TPSA) is 92.0 Å². The molecule has 0 fully saturated rings. The summed E-state index contributed by atoms with van der Waals surface area (Å²) in [5.41, 5.74) is 1.08. The van der Waals surface area contributed by atoms with Gasteiger partial charge in [-0.3, -0.25) is 19.8 Å². The third kappa shape index (κ3) is 7.36. The second-order valence-corrected chi connectivity index (χ2v) is 8.12. The maximum Gasteiger partial charge on any atom is 0.306 e. The Labute approximate surface area is 188 Å². The highest BCUT2D eigenvalue weighted by atomic mass is 35.5. The summed E-state index contributed by atoms with van der Waals surface area (Å²) in [6, 6.07) is 3.59. The zero-order valence-electron chi connectivity index (χ0n) is 18.7. The number of hydrogen-bond acceptors (Lipinski definition) is 8. The van der Waals surface area contributed by atoms with Crippen molar-refractivity contribution in [3.05, 3.63) is 50.7 Å². The molecule has 172 valence electrons. The molecule has 1 aromatic heterocycles. The first-order chi connectivity index (χ1) is 14.7. The lowest BCUT2D eigenvalue weighted by Crippen LogP contribution is -2.48. The molecule has 1 aromatic rings. The lowest BCUT2D eigenvalue weighted by atomic mass is 10.2. The number of nitrogens with zero attached hydrogens (tertiary/aromatic N) is 5. The van der Waals surface area contributed by atoms with E-state index < -0.39 is 0 Å². The van der Waals surface area contributed by atoms with Crippen LogP contribution in [0.5, 0.6) is 0 Å². The summed E-state index contributed by atoms with van der Waals surface area (Å²) in [6.45, 7) is 8.26. The van der Waals surface area contributed by atoms with Gasteiger partial charge < -0.3 is 14.5 Å². The quantitative estimate of drug-likeness (QED) is 0.218. The van der Waals surface area contributed by atoms with E-state index in [-0.39, 0.29) is 29.2 Å². The van der Waals surface area contributed by atoms with Gasteiger partial charge in [0.15, 0.2) is 5.82 Å². The molecule has 2 heterocycles. The van der Waals surface area contributed by atoms with Crippen LogP contribution in [0, 0.1) is 10.1 Å². The number of ether oxygens (including phenoxy) is 1. The predicted molar refractivity (Wildman–Crippen MR) is 119 cm³/mol. The summed E-state index contributed by atoms with van der Waals surface area (Å²) in [7, 11) is 1.85. The molecule has 31 heavy (non-hydrogen) atoms. The molecule has 1 aliphatic heterocycles. The van der Waals surface area contributed by atoms with Crippen LogP contribution in [0.25, 0.3) is 0 Å². The Morgan fingerprint density at radius 2 is 2.16 bits per heavy atom. The van der Waals surface area contributed by atoms with Gasteiger partial charge >= 0.3 is 5.97 Å². The molecule has 0 saturated carbocycles. The largest absolute Gasteiger partial charge is 0.463 e. The summed E-state index contributed by atoms with van der Waals surface area (Å²) < 4.78 is 5.29. The van der Waals surface area contributed by atoms with E-state index in [2.05, 4.69) is 4.98 Å². The number of esters is 1. The van der Waals surface area contributed by atoms with Crippen LogP contribution in [0.4, 0.5) is 0 Å². The Bertz CT molecular complexity index is 786. The van der Waals surface area contributed by atoms with Crippen LogP contribution in [0.3, 0.4) is 0 Å². The van der Waals surface area contributed by atoms with Crippen molar-refractivity contribution in [2.45, 2.75) is 52.7 Å². The van der Waals surface area contributed by atoms with E-state index in [9.17, 15) is 14.9 Å². The van der Waals surface area contributed by atoms with E-state index in [1.54, 1.807) is 12.3 Å². The van der Waals surface area contributed by atoms with Crippen LogP contribution in [0.2, 0.25) is 5.15 Å². The number of pyridine rings is 1. The van der Waals surface area contributed by atoms with Crippen LogP contribution in [-0.4, -0.2) is 70.0 Å². The minimum atomic E-state index is -0.308. The maximum absolute atomic E-state index is 11.9. The molecule has 0 bridgehead atoms. The zero-order valence-corrected chi connectivity index (χ0v) is 19.5. The van der Waals surface area contributed by atoms with E-state index in [0.717, 1.165) is 12.0 Å². The van der Waals surface area contributed by atoms with Crippen molar-refractivity contribution >= 4 is 17.6 Å². The fourth-order valence-corrected chi connectivity index (χ4v) is 3.62. The van der Waals surface area contributed by atoms with Gasteiger partial charge in [0.25, 0.3) is 5.70 Å². The molecule has 9 nitrogen and oxygen atoms in total. The zero-order chi connectivity index (χ0) is 23.0. The van der Waals surface area contributed by atoms with Crippen LogP contribution >= 0.6 is 11.6 Å². The van der Waals surface area contributed by atoms with Gasteiger partial charge in [0.1, 0.15) is 5.15 Å². The number of nitro groups is 1. The number of carbonyl (C=O) groups excluding carboxylic acids is 1. The normalized spacial score (nSPS) is 15.7. The number of halogens is 1. The second-order valence-electron chi connectivity index (χ2n) is 7.73. The summed E-state index contributed by atoms with van der Waals surface area (Å²) in [5, 5.41) is 12.3. The monoisotopic (exact) mass is 453 g/mol. The van der Waals surface area contributed by atoms with Gasteiger partial charge in [-0.2, -0.15) is 0 Å². The van der Waals surface area contributed by atoms with Crippen LogP contribution in [-0.2, 0) is 16.1 Å². The van der Waals surface area contributed by atoms with Crippen LogP contribution in [0.15, 0.2) is 29.8 Å². The smallest absolute Gasteiger partial charge is 0.306 e. The highest BCUT2D eigenvalue weighted by molar-refractivity contribution is 6.29. The highest BCUT2D eigenvalue weighted by Crippen LogP contribution is 2.24. The summed E-state index contributed by atoms with van der Waals surface area (Å²) in [4.78, 5) is 33.4. The first kappa shape index (κ1) is 24.9. The molecule has 1 unspecified atom stereocenters. The number of carbonyl (C=O) groups is 1. The summed E-state index contributed by atoms with van der Waals surface area (Å²) in [6.07, 6.45) is 3.28. The standard InChI is InChI=1S/C21H32ClN5O4/c1-5-16(3)31-20(28)8-7-11-25-14-18(27(29)30)21(24(4)15-25)26(6-2)13-17-9-10-19(22)23-12-17/h9-10,12,16H,5-8,11,13-15H2,1-4H3. The average molecular weight is 454 g/mol. The molecule has 2 rings (SSSR count). The Morgan fingerprint density at radius 3 is 2.74 bits per heavy atom. The van der Waals surface area contributed by atoms with Crippen molar-refractivity contribution < 1.29 is 14.5 Å². The Morgan fingerprint density at radius 1 is 1.42 bits per heavy atom. The predicted octanol–water partition coefficient (Wildman–Crippen LogP) is 3.33. The summed E-state index contributed by atoms with van der Waals surface area (Å²) >= 11 is 5.86.